The summed E-state index contributed by atoms with van der Waals surface area (Å²) in [6.07, 6.45) is 3.16. The average Bonchev–Trinajstić information content (AvgIpc) is 2.86. The van der Waals surface area contributed by atoms with Crippen LogP contribution in [-0.4, -0.2) is 36.8 Å². The van der Waals surface area contributed by atoms with E-state index in [4.69, 9.17) is 9.57 Å². The van der Waals surface area contributed by atoms with Crippen LogP contribution in [-0.2, 0) is 14.4 Å². The first-order valence-corrected chi connectivity index (χ1v) is 4.65. The summed E-state index contributed by atoms with van der Waals surface area (Å²) in [4.78, 5) is 16.4. The van der Waals surface area contributed by atoms with Gasteiger partial charge in [-0.3, -0.25) is 9.63 Å². The normalized spacial score (nSPS) is 29.8. The average molecular weight is 199 g/mol. The highest BCUT2D eigenvalue weighted by Gasteiger charge is 2.57. The second-order valence-electron chi connectivity index (χ2n) is 3.66. The third-order valence-electron chi connectivity index (χ3n) is 2.54. The van der Waals surface area contributed by atoms with E-state index in [1.165, 1.54) is 12.2 Å². The molecule has 0 aromatic heterocycles. The molecule has 4 heteroatoms. The van der Waals surface area contributed by atoms with Gasteiger partial charge in [0.15, 0.2) is 6.10 Å². The van der Waals surface area contributed by atoms with E-state index in [1.807, 2.05) is 13.0 Å². The van der Waals surface area contributed by atoms with Gasteiger partial charge >= 0.3 is 0 Å². The number of epoxide rings is 1. The van der Waals surface area contributed by atoms with E-state index in [9.17, 15) is 4.79 Å². The first-order chi connectivity index (χ1) is 6.55. The quantitative estimate of drug-likeness (QED) is 0.378. The molecule has 80 valence electrons. The summed E-state index contributed by atoms with van der Waals surface area (Å²) >= 11 is 0. The number of carbonyl (C=O) groups is 1. The van der Waals surface area contributed by atoms with Gasteiger partial charge in [-0.05, 0) is 19.8 Å². The zero-order chi connectivity index (χ0) is 10.8. The molecule has 0 saturated carbocycles. The molecule has 1 fully saturated rings. The summed E-state index contributed by atoms with van der Waals surface area (Å²) in [6, 6.07) is 0. The molecule has 1 rings (SSSR count). The van der Waals surface area contributed by atoms with Crippen molar-refractivity contribution in [2.75, 3.05) is 14.2 Å². The first kappa shape index (κ1) is 11.2. The predicted molar refractivity (Wildman–Crippen MR) is 52.5 cm³/mol. The van der Waals surface area contributed by atoms with Gasteiger partial charge in [0.2, 0.25) is 0 Å². The van der Waals surface area contributed by atoms with Crippen LogP contribution in [0.25, 0.3) is 0 Å². The maximum Gasteiger partial charge on any atom is 0.277 e. The number of carbonyl (C=O) groups excluding carboxylic acids is 1. The molecule has 0 radical (unpaired) electrons. The highest BCUT2D eigenvalue weighted by atomic mass is 16.7. The van der Waals surface area contributed by atoms with Gasteiger partial charge in [-0.2, -0.15) is 0 Å². The molecule has 1 heterocycles. The van der Waals surface area contributed by atoms with E-state index in [0.717, 1.165) is 12.8 Å². The Morgan fingerprint density at radius 1 is 1.79 bits per heavy atom. The Bertz CT molecular complexity index is 242. The van der Waals surface area contributed by atoms with Crippen LogP contribution in [0.4, 0.5) is 0 Å². The number of hydrogen-bond acceptors (Lipinski definition) is 3. The molecular formula is C10H17NO3. The van der Waals surface area contributed by atoms with Gasteiger partial charge in [0, 0.05) is 7.05 Å². The Morgan fingerprint density at radius 3 is 2.93 bits per heavy atom. The van der Waals surface area contributed by atoms with Crippen LogP contribution in [0.2, 0.25) is 0 Å². The Kier molecular flexibility index (Phi) is 3.29. The second kappa shape index (κ2) is 4.11. The number of hydroxylamine groups is 2. The van der Waals surface area contributed by atoms with Crippen molar-refractivity contribution in [1.82, 2.24) is 5.06 Å². The van der Waals surface area contributed by atoms with E-state index >= 15 is 0 Å². The van der Waals surface area contributed by atoms with Crippen LogP contribution < -0.4 is 0 Å². The van der Waals surface area contributed by atoms with Gasteiger partial charge in [0.05, 0.1) is 7.11 Å². The molecule has 1 saturated heterocycles. The molecule has 2 atom stereocenters. The van der Waals surface area contributed by atoms with Crippen molar-refractivity contribution in [3.8, 4) is 0 Å². The third kappa shape index (κ3) is 2.13. The summed E-state index contributed by atoms with van der Waals surface area (Å²) in [7, 11) is 3.04. The van der Waals surface area contributed by atoms with Gasteiger partial charge in [-0.25, -0.2) is 5.06 Å². The van der Waals surface area contributed by atoms with E-state index in [1.54, 1.807) is 7.05 Å². The fourth-order valence-corrected chi connectivity index (χ4v) is 1.38. The summed E-state index contributed by atoms with van der Waals surface area (Å²) < 4.78 is 5.37. The summed E-state index contributed by atoms with van der Waals surface area (Å²) in [5.41, 5.74) is -0.321. The van der Waals surface area contributed by atoms with Gasteiger partial charge in [0.25, 0.3) is 5.91 Å². The fourth-order valence-electron chi connectivity index (χ4n) is 1.38. The fraction of sp³-hybridized carbons (Fsp3) is 0.700. The van der Waals surface area contributed by atoms with Crippen LogP contribution in [0.15, 0.2) is 12.7 Å². The van der Waals surface area contributed by atoms with Crippen LogP contribution in [0.3, 0.4) is 0 Å². The Balaban J connectivity index is 2.43. The number of hydrogen-bond donors (Lipinski definition) is 0. The second-order valence-corrected chi connectivity index (χ2v) is 3.66. The minimum Gasteiger partial charge on any atom is -0.356 e. The van der Waals surface area contributed by atoms with Gasteiger partial charge in [0.1, 0.15) is 5.60 Å². The Morgan fingerprint density at radius 2 is 2.43 bits per heavy atom. The molecule has 0 aliphatic carbocycles. The third-order valence-corrected chi connectivity index (χ3v) is 2.54. The van der Waals surface area contributed by atoms with E-state index < -0.39 is 0 Å². The minimum absolute atomic E-state index is 0.126. The van der Waals surface area contributed by atoms with Crippen LogP contribution in [0, 0.1) is 0 Å². The lowest BCUT2D eigenvalue weighted by Gasteiger charge is -2.12. The topological polar surface area (TPSA) is 42.1 Å². The lowest BCUT2D eigenvalue weighted by molar-refractivity contribution is -0.170. The smallest absolute Gasteiger partial charge is 0.277 e. The van der Waals surface area contributed by atoms with E-state index in [2.05, 4.69) is 6.58 Å². The van der Waals surface area contributed by atoms with Crippen molar-refractivity contribution in [1.29, 1.82) is 0 Å². The summed E-state index contributed by atoms with van der Waals surface area (Å²) in [6.45, 7) is 5.57. The van der Waals surface area contributed by atoms with Crippen molar-refractivity contribution in [3.05, 3.63) is 12.7 Å². The molecule has 1 aliphatic heterocycles. The summed E-state index contributed by atoms with van der Waals surface area (Å²) in [5.74, 6) is -0.126. The van der Waals surface area contributed by atoms with Crippen LogP contribution in [0.1, 0.15) is 19.8 Å². The Hall–Kier alpha value is -0.870. The van der Waals surface area contributed by atoms with Crippen molar-refractivity contribution in [2.45, 2.75) is 31.5 Å². The van der Waals surface area contributed by atoms with Gasteiger partial charge in [-0.15, -0.1) is 6.58 Å². The lowest BCUT2D eigenvalue weighted by atomic mass is 10.0. The zero-order valence-electron chi connectivity index (χ0n) is 8.95. The zero-order valence-corrected chi connectivity index (χ0v) is 8.95. The van der Waals surface area contributed by atoms with Crippen molar-refractivity contribution in [3.63, 3.8) is 0 Å². The van der Waals surface area contributed by atoms with E-state index in [-0.39, 0.29) is 17.6 Å². The van der Waals surface area contributed by atoms with Gasteiger partial charge < -0.3 is 4.74 Å². The highest BCUT2D eigenvalue weighted by Crippen LogP contribution is 2.41. The van der Waals surface area contributed by atoms with Crippen molar-refractivity contribution in [2.24, 2.45) is 0 Å². The van der Waals surface area contributed by atoms with Crippen molar-refractivity contribution >= 4 is 5.91 Å². The monoisotopic (exact) mass is 199 g/mol. The Labute approximate surface area is 84.4 Å². The molecule has 1 aliphatic rings. The number of amides is 1. The molecule has 0 N–H and O–H groups in total. The van der Waals surface area contributed by atoms with Crippen LogP contribution in [0.5, 0.6) is 0 Å². The predicted octanol–water partition coefficient (Wildman–Crippen LogP) is 1.13. The number of nitrogens with zero attached hydrogens (tertiary/aromatic N) is 1. The molecule has 14 heavy (non-hydrogen) atoms. The number of allylic oxidation sites excluding steroid dienone is 1. The molecule has 2 unspecified atom stereocenters. The first-order valence-electron chi connectivity index (χ1n) is 4.65. The molecule has 4 nitrogen and oxygen atoms in total. The van der Waals surface area contributed by atoms with Crippen LogP contribution >= 0.6 is 0 Å². The van der Waals surface area contributed by atoms with Crippen molar-refractivity contribution < 1.29 is 14.4 Å². The molecule has 1 amide bonds. The SMILES string of the molecule is C=CCCC1(C)OC1C(=O)N(C)OC. The maximum absolute atomic E-state index is 11.6. The maximum atomic E-state index is 11.6. The lowest BCUT2D eigenvalue weighted by Crippen LogP contribution is -2.32. The number of rotatable bonds is 5. The molecular weight excluding hydrogens is 182 g/mol. The summed E-state index contributed by atoms with van der Waals surface area (Å²) in [5, 5.41) is 1.20. The number of ether oxygens (including phenoxy) is 1. The highest BCUT2D eigenvalue weighted by molar-refractivity contribution is 5.83. The largest absolute Gasteiger partial charge is 0.356 e. The molecule has 0 aromatic carbocycles. The molecule has 0 bridgehead atoms. The molecule has 0 aromatic rings. The molecule has 0 spiro atoms. The standard InChI is InChI=1S/C10H17NO3/c1-5-6-7-10(2)8(14-10)9(12)11(3)13-4/h5,8H,1,6-7H2,2-4H3. The minimum atomic E-state index is -0.354. The number of likely N-dealkylation sites (N-methyl/N-ethyl adjacent to an activating group) is 1. The van der Waals surface area contributed by atoms with E-state index in [0.29, 0.717) is 0 Å². The van der Waals surface area contributed by atoms with Gasteiger partial charge in [-0.1, -0.05) is 6.08 Å².